The van der Waals surface area contributed by atoms with Gasteiger partial charge in [-0.15, -0.1) is 0 Å². The molecule has 3 heterocycles. The highest BCUT2D eigenvalue weighted by molar-refractivity contribution is 6.25. The number of fused-ring (bicyclic) bond motifs is 4. The van der Waals surface area contributed by atoms with Crippen molar-refractivity contribution < 1.29 is 9.59 Å². The highest BCUT2D eigenvalue weighted by Crippen LogP contribution is 2.38. The van der Waals surface area contributed by atoms with E-state index in [9.17, 15) is 9.59 Å². The van der Waals surface area contributed by atoms with Gasteiger partial charge >= 0.3 is 0 Å². The van der Waals surface area contributed by atoms with E-state index in [1.807, 2.05) is 78.9 Å². The summed E-state index contributed by atoms with van der Waals surface area (Å²) in [5.41, 5.74) is 9.10. The first-order chi connectivity index (χ1) is 16.1. The number of carbonyl (C=O) groups is 2. The van der Waals surface area contributed by atoms with E-state index in [4.69, 9.17) is 5.73 Å². The van der Waals surface area contributed by atoms with Crippen LogP contribution >= 0.6 is 0 Å². The number of amides is 1. The van der Waals surface area contributed by atoms with Gasteiger partial charge in [-0.2, -0.15) is 0 Å². The Morgan fingerprint density at radius 2 is 1.64 bits per heavy atom. The van der Waals surface area contributed by atoms with Crippen LogP contribution in [0.25, 0.3) is 21.8 Å². The topological polar surface area (TPSA) is 92.1 Å². The number of nitrogens with two attached hydrogens (primary N) is 1. The third kappa shape index (κ3) is 2.88. The van der Waals surface area contributed by atoms with Gasteiger partial charge in [0.05, 0.1) is 17.4 Å². The molecule has 5 aromatic rings. The number of rotatable bonds is 3. The molecule has 1 aliphatic rings. The fourth-order valence-corrected chi connectivity index (χ4v) is 4.68. The molecule has 1 aliphatic heterocycles. The molecule has 0 spiro atoms. The number of nitrogens with one attached hydrogen (secondary N) is 1. The zero-order valence-corrected chi connectivity index (χ0v) is 17.7. The Labute approximate surface area is 189 Å². The summed E-state index contributed by atoms with van der Waals surface area (Å²) in [6.07, 6.45) is 1.74. The molecule has 160 valence electrons. The lowest BCUT2D eigenvalue weighted by atomic mass is 9.80. The summed E-state index contributed by atoms with van der Waals surface area (Å²) < 4.78 is 0. The van der Waals surface area contributed by atoms with Crippen LogP contribution in [0.3, 0.4) is 0 Å². The van der Waals surface area contributed by atoms with Crippen molar-refractivity contribution in [3.63, 3.8) is 0 Å². The van der Waals surface area contributed by atoms with Crippen molar-refractivity contribution in [2.24, 2.45) is 5.73 Å². The van der Waals surface area contributed by atoms with Gasteiger partial charge in [-0.1, -0.05) is 54.6 Å². The number of pyridine rings is 1. The zero-order valence-electron chi connectivity index (χ0n) is 17.7. The molecule has 6 heteroatoms. The predicted molar refractivity (Wildman–Crippen MR) is 129 cm³/mol. The van der Waals surface area contributed by atoms with E-state index in [-0.39, 0.29) is 12.1 Å². The van der Waals surface area contributed by atoms with Crippen LogP contribution < -0.4 is 10.6 Å². The number of H-pyrrole nitrogens is 1. The summed E-state index contributed by atoms with van der Waals surface area (Å²) in [6, 6.07) is 26.4. The maximum absolute atomic E-state index is 13.8. The molecule has 0 radical (unpaired) electrons. The molecule has 1 atom stereocenters. The molecule has 3 aromatic carbocycles. The molecular formula is C27H20N4O2. The van der Waals surface area contributed by atoms with Crippen LogP contribution in [0.1, 0.15) is 16.1 Å². The minimum atomic E-state index is -1.77. The van der Waals surface area contributed by atoms with Crippen molar-refractivity contribution in [1.82, 2.24) is 9.97 Å². The first kappa shape index (κ1) is 19.4. The minimum Gasteiger partial charge on any atom is -0.353 e. The SMILES string of the molecule is NC1(C(=O)c2cc3c(cn2)[nH]c2ccccc23)Cc2ccccc2N(c2ccccc2)C1=O. The molecule has 0 saturated heterocycles. The number of aromatic nitrogens is 2. The molecule has 3 N–H and O–H groups in total. The largest absolute Gasteiger partial charge is 0.353 e. The molecular weight excluding hydrogens is 412 g/mol. The Morgan fingerprint density at radius 3 is 2.48 bits per heavy atom. The molecule has 1 unspecified atom stereocenters. The van der Waals surface area contributed by atoms with E-state index in [1.54, 1.807) is 17.2 Å². The quantitative estimate of drug-likeness (QED) is 0.324. The minimum absolute atomic E-state index is 0.109. The number of Topliss-reactive ketones (excluding diaryl/α,β-unsaturated/α-hetero) is 1. The Bertz CT molecular complexity index is 1560. The van der Waals surface area contributed by atoms with Crippen molar-refractivity contribution in [2.75, 3.05) is 4.90 Å². The smallest absolute Gasteiger partial charge is 0.260 e. The van der Waals surface area contributed by atoms with E-state index in [0.29, 0.717) is 5.69 Å². The van der Waals surface area contributed by atoms with Gasteiger partial charge in [-0.05, 0) is 35.9 Å². The van der Waals surface area contributed by atoms with Gasteiger partial charge in [-0.25, -0.2) is 0 Å². The summed E-state index contributed by atoms with van der Waals surface area (Å²) in [4.78, 5) is 36.8. The Hall–Kier alpha value is -4.29. The number of carbonyl (C=O) groups excluding carboxylic acids is 2. The van der Waals surface area contributed by atoms with Gasteiger partial charge in [0.1, 0.15) is 5.69 Å². The van der Waals surface area contributed by atoms with Crippen LogP contribution in [-0.4, -0.2) is 27.2 Å². The van der Waals surface area contributed by atoms with Crippen molar-refractivity contribution in [3.8, 4) is 0 Å². The van der Waals surface area contributed by atoms with Crippen LogP contribution in [0.5, 0.6) is 0 Å². The Morgan fingerprint density at radius 1 is 0.909 bits per heavy atom. The predicted octanol–water partition coefficient (Wildman–Crippen LogP) is 4.52. The number of ketones is 1. The van der Waals surface area contributed by atoms with Crippen molar-refractivity contribution in [1.29, 1.82) is 0 Å². The molecule has 6 nitrogen and oxygen atoms in total. The summed E-state index contributed by atoms with van der Waals surface area (Å²) in [6.45, 7) is 0. The van der Waals surface area contributed by atoms with Crippen molar-refractivity contribution >= 4 is 44.9 Å². The second-order valence-corrected chi connectivity index (χ2v) is 8.37. The lowest BCUT2D eigenvalue weighted by molar-refractivity contribution is -0.121. The normalized spacial score (nSPS) is 18.0. The van der Waals surface area contributed by atoms with Crippen LogP contribution in [0.4, 0.5) is 11.4 Å². The van der Waals surface area contributed by atoms with Gasteiger partial charge in [0.25, 0.3) is 5.91 Å². The maximum Gasteiger partial charge on any atom is 0.260 e. The number of hydrogen-bond acceptors (Lipinski definition) is 4. The fraction of sp³-hybridized carbons (Fsp3) is 0.0741. The average Bonchev–Trinajstić information content (AvgIpc) is 3.23. The molecule has 33 heavy (non-hydrogen) atoms. The number of nitrogens with zero attached hydrogens (tertiary/aromatic N) is 2. The van der Waals surface area contributed by atoms with Crippen LogP contribution in [0, 0.1) is 0 Å². The molecule has 1 amide bonds. The van der Waals surface area contributed by atoms with Crippen LogP contribution in [0.2, 0.25) is 0 Å². The second kappa shape index (κ2) is 7.12. The van der Waals surface area contributed by atoms with Crippen molar-refractivity contribution in [3.05, 3.63) is 102 Å². The molecule has 0 saturated carbocycles. The van der Waals surface area contributed by atoms with Gasteiger partial charge in [0.15, 0.2) is 5.54 Å². The van der Waals surface area contributed by atoms with Gasteiger partial charge in [-0.3, -0.25) is 19.5 Å². The van der Waals surface area contributed by atoms with Gasteiger partial charge < -0.3 is 10.7 Å². The summed E-state index contributed by atoms with van der Waals surface area (Å²) in [5.74, 6) is -0.951. The van der Waals surface area contributed by atoms with E-state index in [1.165, 1.54) is 0 Å². The molecule has 0 aliphatic carbocycles. The van der Waals surface area contributed by atoms with E-state index in [0.717, 1.165) is 33.1 Å². The number of para-hydroxylation sites is 3. The maximum atomic E-state index is 13.8. The fourth-order valence-electron chi connectivity index (χ4n) is 4.68. The molecule has 2 aromatic heterocycles. The van der Waals surface area contributed by atoms with Gasteiger partial charge in [0, 0.05) is 28.4 Å². The van der Waals surface area contributed by atoms with Crippen LogP contribution in [-0.2, 0) is 11.2 Å². The highest BCUT2D eigenvalue weighted by Gasteiger charge is 2.50. The number of aromatic amines is 1. The number of benzene rings is 3. The third-order valence-electron chi connectivity index (χ3n) is 6.33. The lowest BCUT2D eigenvalue weighted by Crippen LogP contribution is -2.63. The summed E-state index contributed by atoms with van der Waals surface area (Å²) in [5, 5.41) is 1.86. The van der Waals surface area contributed by atoms with E-state index < -0.39 is 17.2 Å². The number of anilines is 2. The second-order valence-electron chi connectivity index (χ2n) is 8.37. The average molecular weight is 432 g/mol. The Kier molecular flexibility index (Phi) is 4.18. The first-order valence-corrected chi connectivity index (χ1v) is 10.7. The molecule has 0 fully saturated rings. The monoisotopic (exact) mass is 432 g/mol. The number of hydrogen-bond donors (Lipinski definition) is 2. The van der Waals surface area contributed by atoms with Crippen molar-refractivity contribution in [2.45, 2.75) is 12.0 Å². The zero-order chi connectivity index (χ0) is 22.6. The van der Waals surface area contributed by atoms with E-state index in [2.05, 4.69) is 9.97 Å². The third-order valence-corrected chi connectivity index (χ3v) is 6.33. The van der Waals surface area contributed by atoms with Crippen LogP contribution in [0.15, 0.2) is 91.1 Å². The van der Waals surface area contributed by atoms with E-state index >= 15 is 0 Å². The molecule has 6 rings (SSSR count). The summed E-state index contributed by atoms with van der Waals surface area (Å²) >= 11 is 0. The standard InChI is InChI=1S/C27H20N4O2/c28-27(25(32)22-14-20-19-11-5-6-12-21(19)30-23(20)16-29-22)15-17-8-4-7-13-24(17)31(26(27)33)18-9-2-1-3-10-18/h1-14,16,30H,15,28H2. The highest BCUT2D eigenvalue weighted by atomic mass is 16.2. The summed E-state index contributed by atoms with van der Waals surface area (Å²) in [7, 11) is 0. The molecule has 0 bridgehead atoms. The first-order valence-electron chi connectivity index (χ1n) is 10.7. The lowest BCUT2D eigenvalue weighted by Gasteiger charge is -2.39. The Balaban J connectivity index is 1.49. The van der Waals surface area contributed by atoms with Gasteiger partial charge in [0.2, 0.25) is 5.78 Å².